The Morgan fingerprint density at radius 2 is 1.89 bits per heavy atom. The molecule has 3 heterocycles. The van der Waals surface area contributed by atoms with Crippen LogP contribution in [0.15, 0.2) is 12.5 Å². The predicted molar refractivity (Wildman–Crippen MR) is 78.5 cm³/mol. The normalized spacial score (nSPS) is 15.1. The highest BCUT2D eigenvalue weighted by atomic mass is 35.5. The smallest absolute Gasteiger partial charge is 0.144 e. The Labute approximate surface area is 122 Å². The van der Waals surface area contributed by atoms with Crippen LogP contribution in [-0.4, -0.2) is 41.1 Å². The maximum atomic E-state index is 6.14. The number of nitrogens with zero attached hydrogens (tertiary/aromatic N) is 3. The minimum atomic E-state index is 0. The molecule has 2 aromatic rings. The number of nitrogens with one attached hydrogen (secondary N) is 2. The van der Waals surface area contributed by atoms with Crippen LogP contribution in [0, 0.1) is 0 Å². The van der Waals surface area contributed by atoms with Gasteiger partial charge in [0.2, 0.25) is 0 Å². The first-order valence-corrected chi connectivity index (χ1v) is 5.67. The summed E-state index contributed by atoms with van der Waals surface area (Å²) < 4.78 is 0. The molecular weight excluding hydrogens is 297 g/mol. The van der Waals surface area contributed by atoms with Gasteiger partial charge in [-0.15, -0.1) is 24.8 Å². The minimum Gasteiger partial charge on any atom is -0.353 e. The monoisotopic (exact) mass is 309 g/mol. The molecule has 0 aliphatic carbocycles. The summed E-state index contributed by atoms with van der Waals surface area (Å²) in [6.07, 6.45) is 3.33. The molecule has 0 aromatic carbocycles. The van der Waals surface area contributed by atoms with E-state index in [1.165, 1.54) is 0 Å². The molecule has 1 aliphatic rings. The molecule has 1 fully saturated rings. The van der Waals surface area contributed by atoms with Gasteiger partial charge in [-0.2, -0.15) is 0 Å². The summed E-state index contributed by atoms with van der Waals surface area (Å²) in [6.45, 7) is 3.86. The molecule has 18 heavy (non-hydrogen) atoms. The number of fused-ring (bicyclic) bond motifs is 1. The fourth-order valence-electron chi connectivity index (χ4n) is 2.03. The zero-order valence-electron chi connectivity index (χ0n) is 9.52. The van der Waals surface area contributed by atoms with E-state index < -0.39 is 0 Å². The zero-order chi connectivity index (χ0) is 11.0. The molecule has 5 nitrogen and oxygen atoms in total. The highest BCUT2D eigenvalue weighted by molar-refractivity contribution is 6.36. The number of hydrogen-bond donors (Lipinski definition) is 2. The third-order valence-corrected chi connectivity index (χ3v) is 3.12. The topological polar surface area (TPSA) is 56.8 Å². The van der Waals surface area contributed by atoms with E-state index in [0.29, 0.717) is 5.02 Å². The molecule has 1 aliphatic heterocycles. The Morgan fingerprint density at radius 3 is 2.61 bits per heavy atom. The van der Waals surface area contributed by atoms with Crippen LogP contribution >= 0.6 is 36.4 Å². The summed E-state index contributed by atoms with van der Waals surface area (Å²) in [5.74, 6) is 0.928. The average molecular weight is 311 g/mol. The van der Waals surface area contributed by atoms with Crippen LogP contribution in [0.1, 0.15) is 0 Å². The van der Waals surface area contributed by atoms with Crippen molar-refractivity contribution in [1.82, 2.24) is 20.3 Å². The second-order valence-corrected chi connectivity index (χ2v) is 4.20. The number of rotatable bonds is 1. The number of anilines is 1. The molecule has 0 saturated carbocycles. The van der Waals surface area contributed by atoms with Gasteiger partial charge in [-0.1, -0.05) is 11.6 Å². The highest BCUT2D eigenvalue weighted by Gasteiger charge is 2.17. The van der Waals surface area contributed by atoms with Gasteiger partial charge >= 0.3 is 0 Å². The van der Waals surface area contributed by atoms with Crippen molar-refractivity contribution in [3.8, 4) is 0 Å². The van der Waals surface area contributed by atoms with Gasteiger partial charge in [-0.3, -0.25) is 0 Å². The molecule has 2 aromatic heterocycles. The van der Waals surface area contributed by atoms with E-state index >= 15 is 0 Å². The molecule has 0 atom stereocenters. The van der Waals surface area contributed by atoms with Gasteiger partial charge in [0, 0.05) is 32.4 Å². The Balaban J connectivity index is 0.000000810. The van der Waals surface area contributed by atoms with Crippen LogP contribution in [-0.2, 0) is 0 Å². The van der Waals surface area contributed by atoms with Crippen molar-refractivity contribution in [2.24, 2.45) is 0 Å². The SMILES string of the molecule is Cl.Cl.Clc1c[nH]c2ncnc(N3CCNCC3)c12. The van der Waals surface area contributed by atoms with Gasteiger partial charge in [-0.25, -0.2) is 9.97 Å². The van der Waals surface area contributed by atoms with Crippen LogP contribution in [0.2, 0.25) is 5.02 Å². The first-order valence-electron chi connectivity index (χ1n) is 5.29. The van der Waals surface area contributed by atoms with Crippen LogP contribution in [0.25, 0.3) is 11.0 Å². The van der Waals surface area contributed by atoms with E-state index in [1.807, 2.05) is 0 Å². The van der Waals surface area contributed by atoms with Gasteiger partial charge < -0.3 is 15.2 Å². The van der Waals surface area contributed by atoms with E-state index in [4.69, 9.17) is 11.6 Å². The van der Waals surface area contributed by atoms with Crippen molar-refractivity contribution in [2.75, 3.05) is 31.1 Å². The highest BCUT2D eigenvalue weighted by Crippen LogP contribution is 2.29. The molecule has 1 saturated heterocycles. The van der Waals surface area contributed by atoms with Crippen molar-refractivity contribution >= 4 is 53.3 Å². The van der Waals surface area contributed by atoms with Crippen molar-refractivity contribution in [3.63, 3.8) is 0 Å². The van der Waals surface area contributed by atoms with E-state index in [9.17, 15) is 0 Å². The van der Waals surface area contributed by atoms with Gasteiger partial charge in [-0.05, 0) is 0 Å². The second kappa shape index (κ2) is 6.43. The average Bonchev–Trinajstić information content (AvgIpc) is 2.73. The molecule has 0 unspecified atom stereocenters. The Kier molecular flexibility index (Phi) is 5.47. The third kappa shape index (κ3) is 2.64. The van der Waals surface area contributed by atoms with Crippen LogP contribution in [0.4, 0.5) is 5.82 Å². The molecule has 100 valence electrons. The van der Waals surface area contributed by atoms with Crippen LogP contribution < -0.4 is 10.2 Å². The third-order valence-electron chi connectivity index (χ3n) is 2.82. The van der Waals surface area contributed by atoms with Crippen molar-refractivity contribution in [3.05, 3.63) is 17.5 Å². The predicted octanol–water partition coefficient (Wildman–Crippen LogP) is 1.86. The summed E-state index contributed by atoms with van der Waals surface area (Å²) >= 11 is 6.14. The number of hydrogen-bond acceptors (Lipinski definition) is 4. The maximum Gasteiger partial charge on any atom is 0.144 e. The van der Waals surface area contributed by atoms with Gasteiger partial charge in [0.1, 0.15) is 17.8 Å². The Morgan fingerprint density at radius 1 is 1.17 bits per heavy atom. The van der Waals surface area contributed by atoms with Crippen molar-refractivity contribution in [1.29, 1.82) is 0 Å². The quantitative estimate of drug-likeness (QED) is 0.844. The van der Waals surface area contributed by atoms with Gasteiger partial charge in [0.05, 0.1) is 10.4 Å². The molecule has 3 rings (SSSR count). The lowest BCUT2D eigenvalue weighted by atomic mass is 10.3. The number of H-pyrrole nitrogens is 1. The van der Waals surface area contributed by atoms with E-state index in [2.05, 4.69) is 25.2 Å². The molecule has 2 N–H and O–H groups in total. The summed E-state index contributed by atoms with van der Waals surface area (Å²) in [7, 11) is 0. The molecule has 0 bridgehead atoms. The van der Waals surface area contributed by atoms with E-state index in [-0.39, 0.29) is 24.8 Å². The molecular formula is C10H14Cl3N5. The summed E-state index contributed by atoms with van der Waals surface area (Å²) in [6, 6.07) is 0. The Hall–Kier alpha value is -0.750. The van der Waals surface area contributed by atoms with E-state index in [1.54, 1.807) is 12.5 Å². The number of piperazine rings is 1. The Bertz CT molecular complexity index is 509. The first-order chi connectivity index (χ1) is 7.86. The zero-order valence-corrected chi connectivity index (χ0v) is 11.9. The molecule has 0 radical (unpaired) electrons. The van der Waals surface area contributed by atoms with Crippen LogP contribution in [0.5, 0.6) is 0 Å². The van der Waals surface area contributed by atoms with Crippen molar-refractivity contribution in [2.45, 2.75) is 0 Å². The summed E-state index contributed by atoms with van der Waals surface area (Å²) in [4.78, 5) is 13.8. The van der Waals surface area contributed by atoms with Gasteiger partial charge in [0.25, 0.3) is 0 Å². The fraction of sp³-hybridized carbons (Fsp3) is 0.400. The summed E-state index contributed by atoms with van der Waals surface area (Å²) in [5, 5.41) is 4.92. The standard InChI is InChI=1S/C10H12ClN5.2ClH/c11-7-5-13-9-8(7)10(15-6-14-9)16-3-1-12-2-4-16;;/h5-6,12H,1-4H2,(H,13,14,15);2*1H. The maximum absolute atomic E-state index is 6.14. The lowest BCUT2D eigenvalue weighted by Crippen LogP contribution is -2.44. The number of aromatic amines is 1. The minimum absolute atomic E-state index is 0. The summed E-state index contributed by atoms with van der Waals surface area (Å²) in [5.41, 5.74) is 0.800. The van der Waals surface area contributed by atoms with Gasteiger partial charge in [0.15, 0.2) is 0 Å². The first kappa shape index (κ1) is 15.3. The lowest BCUT2D eigenvalue weighted by molar-refractivity contribution is 0.586. The second-order valence-electron chi connectivity index (χ2n) is 3.79. The van der Waals surface area contributed by atoms with Crippen LogP contribution in [0.3, 0.4) is 0 Å². The number of halogens is 3. The van der Waals surface area contributed by atoms with E-state index in [0.717, 1.165) is 43.0 Å². The molecule has 8 heteroatoms. The largest absolute Gasteiger partial charge is 0.353 e. The van der Waals surface area contributed by atoms with Crippen molar-refractivity contribution < 1.29 is 0 Å². The molecule has 0 amide bonds. The molecule has 0 spiro atoms. The number of aromatic nitrogens is 3. The lowest BCUT2D eigenvalue weighted by Gasteiger charge is -2.28. The fourth-order valence-corrected chi connectivity index (χ4v) is 2.25.